The summed E-state index contributed by atoms with van der Waals surface area (Å²) in [5.74, 6) is 0.735. The van der Waals surface area contributed by atoms with E-state index in [9.17, 15) is 9.59 Å². The van der Waals surface area contributed by atoms with Crippen molar-refractivity contribution in [3.63, 3.8) is 0 Å². The molecular formula is C25H34N4O3. The maximum absolute atomic E-state index is 13.1. The second kappa shape index (κ2) is 10.1. The Morgan fingerprint density at radius 2 is 1.81 bits per heavy atom. The first-order valence-electron chi connectivity index (χ1n) is 11.3. The highest BCUT2D eigenvalue weighted by Crippen LogP contribution is 2.22. The lowest BCUT2D eigenvalue weighted by Gasteiger charge is -2.37. The third-order valence-corrected chi connectivity index (χ3v) is 5.44. The Balaban J connectivity index is 1.64. The van der Waals surface area contributed by atoms with Crippen LogP contribution in [0.1, 0.15) is 57.8 Å². The van der Waals surface area contributed by atoms with Gasteiger partial charge in [0.25, 0.3) is 5.91 Å². The highest BCUT2D eigenvalue weighted by molar-refractivity contribution is 5.93. The molecule has 32 heavy (non-hydrogen) atoms. The molecule has 1 saturated heterocycles. The average Bonchev–Trinajstić information content (AvgIpc) is 2.76. The molecule has 7 nitrogen and oxygen atoms in total. The third-order valence-electron chi connectivity index (χ3n) is 5.44. The van der Waals surface area contributed by atoms with Crippen molar-refractivity contribution in [3.8, 4) is 11.4 Å². The fourth-order valence-electron chi connectivity index (χ4n) is 3.85. The van der Waals surface area contributed by atoms with E-state index >= 15 is 0 Å². The fourth-order valence-corrected chi connectivity index (χ4v) is 3.85. The minimum atomic E-state index is -0.537. The van der Waals surface area contributed by atoms with Crippen molar-refractivity contribution < 1.29 is 14.3 Å². The number of hydrogen-bond donors (Lipinski definition) is 0. The quantitative estimate of drug-likeness (QED) is 0.680. The number of likely N-dealkylation sites (tertiary alicyclic amines) is 1. The van der Waals surface area contributed by atoms with Gasteiger partial charge in [-0.25, -0.2) is 14.8 Å². The van der Waals surface area contributed by atoms with Gasteiger partial charge in [0.15, 0.2) is 5.82 Å². The van der Waals surface area contributed by atoms with Crippen LogP contribution in [-0.4, -0.2) is 63.0 Å². The topological polar surface area (TPSA) is 75.6 Å². The molecule has 1 aromatic heterocycles. The minimum Gasteiger partial charge on any atom is -0.444 e. The molecule has 172 valence electrons. The van der Waals surface area contributed by atoms with Gasteiger partial charge in [-0.05, 0) is 53.4 Å². The van der Waals surface area contributed by atoms with E-state index in [1.807, 2.05) is 69.9 Å². The van der Waals surface area contributed by atoms with Crippen molar-refractivity contribution in [2.45, 2.75) is 59.1 Å². The second-order valence-electron chi connectivity index (χ2n) is 9.65. The molecule has 0 bridgehead atoms. The average molecular weight is 439 g/mol. The summed E-state index contributed by atoms with van der Waals surface area (Å²) in [6.07, 6.45) is 4.77. The summed E-state index contributed by atoms with van der Waals surface area (Å²) in [5, 5.41) is 0. The molecule has 7 heteroatoms. The second-order valence-corrected chi connectivity index (χ2v) is 9.65. The predicted molar refractivity (Wildman–Crippen MR) is 124 cm³/mol. The number of aromatic nitrogens is 2. The molecule has 1 aromatic carbocycles. The first-order valence-corrected chi connectivity index (χ1v) is 11.3. The third kappa shape index (κ3) is 6.28. The number of amides is 2. The van der Waals surface area contributed by atoms with Crippen LogP contribution in [-0.2, 0) is 4.74 Å². The van der Waals surface area contributed by atoms with Crippen molar-refractivity contribution in [3.05, 3.63) is 48.3 Å². The lowest BCUT2D eigenvalue weighted by atomic mass is 9.96. The number of ether oxygens (including phenoxy) is 1. The Morgan fingerprint density at radius 3 is 2.41 bits per heavy atom. The zero-order valence-electron chi connectivity index (χ0n) is 19.7. The fraction of sp³-hybridized carbons (Fsp3) is 0.520. The van der Waals surface area contributed by atoms with E-state index < -0.39 is 5.60 Å². The highest BCUT2D eigenvalue weighted by Gasteiger charge is 2.30. The molecule has 0 spiro atoms. The summed E-state index contributed by atoms with van der Waals surface area (Å²) in [4.78, 5) is 38.1. The van der Waals surface area contributed by atoms with Crippen LogP contribution in [0.4, 0.5) is 4.79 Å². The Kier molecular flexibility index (Phi) is 7.48. The summed E-state index contributed by atoms with van der Waals surface area (Å²) in [6, 6.07) is 9.72. The number of nitrogens with zero attached hydrogens (tertiary/aromatic N) is 4. The van der Waals surface area contributed by atoms with Crippen molar-refractivity contribution in [2.24, 2.45) is 5.92 Å². The van der Waals surface area contributed by atoms with Crippen LogP contribution in [0, 0.1) is 5.92 Å². The van der Waals surface area contributed by atoms with Crippen LogP contribution in [0.15, 0.2) is 42.7 Å². The van der Waals surface area contributed by atoms with Gasteiger partial charge in [0.2, 0.25) is 0 Å². The van der Waals surface area contributed by atoms with Gasteiger partial charge in [0.05, 0.1) is 5.56 Å². The lowest BCUT2D eigenvalue weighted by Crippen LogP contribution is -2.48. The van der Waals surface area contributed by atoms with Gasteiger partial charge >= 0.3 is 6.09 Å². The summed E-state index contributed by atoms with van der Waals surface area (Å²) < 4.78 is 5.58. The normalized spacial score (nSPS) is 16.7. The van der Waals surface area contributed by atoms with Gasteiger partial charge in [-0.2, -0.15) is 0 Å². The van der Waals surface area contributed by atoms with E-state index in [2.05, 4.69) is 9.97 Å². The molecule has 1 aliphatic rings. The predicted octanol–water partition coefficient (Wildman–Crippen LogP) is 4.64. The summed E-state index contributed by atoms with van der Waals surface area (Å²) in [7, 11) is 0. The van der Waals surface area contributed by atoms with E-state index in [1.54, 1.807) is 17.3 Å². The highest BCUT2D eigenvalue weighted by atomic mass is 16.6. The van der Waals surface area contributed by atoms with Gasteiger partial charge in [-0.3, -0.25) is 4.79 Å². The number of carbonyl (C=O) groups is 2. The Labute approximate surface area is 190 Å². The molecule has 0 N–H and O–H groups in total. The summed E-state index contributed by atoms with van der Waals surface area (Å²) in [5.41, 5.74) is 0.865. The van der Waals surface area contributed by atoms with Crippen molar-refractivity contribution in [1.82, 2.24) is 19.8 Å². The number of carbonyl (C=O) groups excluding carboxylic acids is 2. The molecular weight excluding hydrogens is 404 g/mol. The molecule has 1 atom stereocenters. The first-order chi connectivity index (χ1) is 15.1. The molecule has 0 aliphatic carbocycles. The molecule has 2 aromatic rings. The van der Waals surface area contributed by atoms with Crippen LogP contribution in [0.25, 0.3) is 11.4 Å². The number of hydrogen-bond acceptors (Lipinski definition) is 5. The maximum atomic E-state index is 13.1. The molecule has 3 rings (SSSR count). The van der Waals surface area contributed by atoms with E-state index in [0.29, 0.717) is 31.0 Å². The molecule has 0 saturated carbocycles. The van der Waals surface area contributed by atoms with Crippen LogP contribution in [0.3, 0.4) is 0 Å². The summed E-state index contributed by atoms with van der Waals surface area (Å²) in [6.45, 7) is 11.5. The van der Waals surface area contributed by atoms with Gasteiger partial charge < -0.3 is 14.5 Å². The first kappa shape index (κ1) is 23.7. The maximum Gasteiger partial charge on any atom is 0.410 e. The van der Waals surface area contributed by atoms with Crippen LogP contribution in [0.5, 0.6) is 0 Å². The minimum absolute atomic E-state index is 0.0230. The standard InChI is InChI=1S/C25H34N4O3/c1-18(2)29(24(31)32-25(3,4)5)17-19-10-9-13-28(16-19)23(30)21-14-26-22(27-15-21)20-11-7-6-8-12-20/h6-8,11-12,14-15,18-19H,9-10,13,16-17H2,1-5H3. The van der Waals surface area contributed by atoms with Crippen LogP contribution >= 0.6 is 0 Å². The smallest absolute Gasteiger partial charge is 0.410 e. The Morgan fingerprint density at radius 1 is 1.16 bits per heavy atom. The molecule has 2 heterocycles. The van der Waals surface area contributed by atoms with E-state index in [-0.39, 0.29) is 24.0 Å². The lowest BCUT2D eigenvalue weighted by molar-refractivity contribution is 0.0124. The zero-order chi connectivity index (χ0) is 23.3. The summed E-state index contributed by atoms with van der Waals surface area (Å²) >= 11 is 0. The molecule has 2 amide bonds. The van der Waals surface area contributed by atoms with Gasteiger partial charge in [-0.1, -0.05) is 30.3 Å². The molecule has 1 fully saturated rings. The van der Waals surface area contributed by atoms with Crippen molar-refractivity contribution >= 4 is 12.0 Å². The Bertz CT molecular complexity index is 907. The largest absolute Gasteiger partial charge is 0.444 e. The van der Waals surface area contributed by atoms with Gasteiger partial charge in [0, 0.05) is 43.6 Å². The monoisotopic (exact) mass is 438 g/mol. The van der Waals surface area contributed by atoms with Crippen LogP contribution in [0.2, 0.25) is 0 Å². The molecule has 1 unspecified atom stereocenters. The van der Waals surface area contributed by atoms with Crippen molar-refractivity contribution in [1.29, 1.82) is 0 Å². The number of rotatable bonds is 5. The van der Waals surface area contributed by atoms with E-state index in [1.165, 1.54) is 0 Å². The van der Waals surface area contributed by atoms with Crippen LogP contribution < -0.4 is 0 Å². The number of benzene rings is 1. The molecule has 0 radical (unpaired) electrons. The van der Waals surface area contributed by atoms with Crippen molar-refractivity contribution in [2.75, 3.05) is 19.6 Å². The molecule has 1 aliphatic heterocycles. The van der Waals surface area contributed by atoms with Gasteiger partial charge in [0.1, 0.15) is 5.60 Å². The number of piperidine rings is 1. The van der Waals surface area contributed by atoms with E-state index in [0.717, 1.165) is 18.4 Å². The van der Waals surface area contributed by atoms with E-state index in [4.69, 9.17) is 4.74 Å². The Hall–Kier alpha value is -2.96. The van der Waals surface area contributed by atoms with Gasteiger partial charge in [-0.15, -0.1) is 0 Å². The zero-order valence-corrected chi connectivity index (χ0v) is 19.7. The SMILES string of the molecule is CC(C)N(CC1CCCN(C(=O)c2cnc(-c3ccccc3)nc2)C1)C(=O)OC(C)(C)C.